The van der Waals surface area contributed by atoms with Crippen molar-refractivity contribution in [3.05, 3.63) is 30.5 Å². The SMILES string of the molecule is CCC(CC)NS(=O)(=O)c1ccc(NC2CC=CCC2)nc1. The summed E-state index contributed by atoms with van der Waals surface area (Å²) in [7, 11) is -3.48. The van der Waals surface area contributed by atoms with Crippen LogP contribution in [0.4, 0.5) is 5.82 Å². The Morgan fingerprint density at radius 2 is 2.05 bits per heavy atom. The number of hydrogen-bond acceptors (Lipinski definition) is 4. The molecule has 1 heterocycles. The Kier molecular flexibility index (Phi) is 5.97. The van der Waals surface area contributed by atoms with Crippen LogP contribution in [0.25, 0.3) is 0 Å². The first-order valence-corrected chi connectivity index (χ1v) is 9.43. The van der Waals surface area contributed by atoms with Gasteiger partial charge in [0.15, 0.2) is 0 Å². The van der Waals surface area contributed by atoms with Gasteiger partial charge >= 0.3 is 0 Å². The molecule has 2 N–H and O–H groups in total. The van der Waals surface area contributed by atoms with Crippen molar-refractivity contribution in [2.45, 2.75) is 62.9 Å². The number of pyridine rings is 1. The van der Waals surface area contributed by atoms with Crippen LogP contribution in [0.5, 0.6) is 0 Å². The Bertz CT molecular complexity index is 592. The first-order valence-electron chi connectivity index (χ1n) is 7.95. The number of rotatable bonds is 7. The Labute approximate surface area is 133 Å². The highest BCUT2D eigenvalue weighted by Crippen LogP contribution is 2.17. The van der Waals surface area contributed by atoms with E-state index in [1.165, 1.54) is 6.20 Å². The first kappa shape index (κ1) is 17.0. The summed E-state index contributed by atoms with van der Waals surface area (Å²) < 4.78 is 27.3. The van der Waals surface area contributed by atoms with Gasteiger partial charge in [-0.15, -0.1) is 0 Å². The molecule has 0 saturated carbocycles. The molecule has 2 rings (SSSR count). The van der Waals surface area contributed by atoms with Crippen LogP contribution >= 0.6 is 0 Å². The molecule has 1 aliphatic carbocycles. The Morgan fingerprint density at radius 1 is 1.27 bits per heavy atom. The van der Waals surface area contributed by atoms with Gasteiger partial charge in [-0.05, 0) is 44.2 Å². The maximum atomic E-state index is 12.3. The van der Waals surface area contributed by atoms with Crippen LogP contribution in [0.3, 0.4) is 0 Å². The molecule has 0 fully saturated rings. The van der Waals surface area contributed by atoms with Gasteiger partial charge in [0.2, 0.25) is 10.0 Å². The summed E-state index contributed by atoms with van der Waals surface area (Å²) in [4.78, 5) is 4.46. The van der Waals surface area contributed by atoms with E-state index in [9.17, 15) is 8.42 Å². The van der Waals surface area contributed by atoms with Crippen LogP contribution in [0.1, 0.15) is 46.0 Å². The van der Waals surface area contributed by atoms with Crippen LogP contribution < -0.4 is 10.0 Å². The predicted molar refractivity (Wildman–Crippen MR) is 89.3 cm³/mol. The monoisotopic (exact) mass is 323 g/mol. The van der Waals surface area contributed by atoms with Crippen LogP contribution in [-0.2, 0) is 10.0 Å². The van der Waals surface area contributed by atoms with Crippen LogP contribution in [-0.4, -0.2) is 25.5 Å². The second-order valence-corrected chi connectivity index (χ2v) is 7.35. The van der Waals surface area contributed by atoms with E-state index in [-0.39, 0.29) is 10.9 Å². The maximum absolute atomic E-state index is 12.3. The lowest BCUT2D eigenvalue weighted by Crippen LogP contribution is -2.33. The van der Waals surface area contributed by atoms with Crippen molar-refractivity contribution in [3.63, 3.8) is 0 Å². The predicted octanol–water partition coefficient (Wildman–Crippen LogP) is 3.07. The molecule has 0 bridgehead atoms. The molecule has 0 aliphatic heterocycles. The average Bonchev–Trinajstić information content (AvgIpc) is 2.54. The average molecular weight is 323 g/mol. The zero-order valence-electron chi connectivity index (χ0n) is 13.2. The molecule has 22 heavy (non-hydrogen) atoms. The van der Waals surface area contributed by atoms with Gasteiger partial charge in [-0.3, -0.25) is 0 Å². The van der Waals surface area contributed by atoms with E-state index in [1.54, 1.807) is 12.1 Å². The van der Waals surface area contributed by atoms with Gasteiger partial charge in [0.25, 0.3) is 0 Å². The maximum Gasteiger partial charge on any atom is 0.242 e. The van der Waals surface area contributed by atoms with E-state index in [0.29, 0.717) is 6.04 Å². The fourth-order valence-corrected chi connectivity index (χ4v) is 3.85. The molecule has 1 atom stereocenters. The highest BCUT2D eigenvalue weighted by molar-refractivity contribution is 7.89. The Hall–Kier alpha value is -1.40. The quantitative estimate of drug-likeness (QED) is 0.757. The molecule has 1 unspecified atom stereocenters. The van der Waals surface area contributed by atoms with Crippen molar-refractivity contribution >= 4 is 15.8 Å². The largest absolute Gasteiger partial charge is 0.367 e. The van der Waals surface area contributed by atoms with Gasteiger partial charge in [-0.25, -0.2) is 18.1 Å². The van der Waals surface area contributed by atoms with Gasteiger partial charge < -0.3 is 5.32 Å². The zero-order chi connectivity index (χ0) is 16.0. The fourth-order valence-electron chi connectivity index (χ4n) is 2.50. The summed E-state index contributed by atoms with van der Waals surface area (Å²) in [6.07, 6.45) is 10.5. The number of allylic oxidation sites excluding steroid dienone is 1. The van der Waals surface area contributed by atoms with E-state index in [2.05, 4.69) is 27.2 Å². The molecule has 1 aliphatic rings. The summed E-state index contributed by atoms with van der Waals surface area (Å²) in [5.74, 6) is 0.724. The molecule has 122 valence electrons. The summed E-state index contributed by atoms with van der Waals surface area (Å²) >= 11 is 0. The van der Waals surface area contributed by atoms with Crippen LogP contribution in [0, 0.1) is 0 Å². The van der Waals surface area contributed by atoms with Gasteiger partial charge in [0.1, 0.15) is 10.7 Å². The van der Waals surface area contributed by atoms with E-state index in [1.807, 2.05) is 13.8 Å². The molecule has 0 aromatic carbocycles. The molecular formula is C16H25N3O2S. The minimum absolute atomic E-state index is 0.0307. The molecule has 0 saturated heterocycles. The van der Waals surface area contributed by atoms with Crippen molar-refractivity contribution in [1.82, 2.24) is 9.71 Å². The first-order chi connectivity index (χ1) is 10.5. The summed E-state index contributed by atoms with van der Waals surface area (Å²) in [6.45, 7) is 3.95. The Morgan fingerprint density at radius 3 is 2.59 bits per heavy atom. The molecule has 1 aromatic heterocycles. The summed E-state index contributed by atoms with van der Waals surface area (Å²) in [5.41, 5.74) is 0. The van der Waals surface area contributed by atoms with Gasteiger partial charge in [0.05, 0.1) is 0 Å². The summed E-state index contributed by atoms with van der Waals surface area (Å²) in [5, 5.41) is 3.35. The molecule has 1 aromatic rings. The van der Waals surface area contributed by atoms with Crippen molar-refractivity contribution in [3.8, 4) is 0 Å². The Balaban J connectivity index is 2.02. The lowest BCUT2D eigenvalue weighted by molar-refractivity contribution is 0.530. The molecule has 0 spiro atoms. The van der Waals surface area contributed by atoms with E-state index < -0.39 is 10.0 Å². The smallest absolute Gasteiger partial charge is 0.242 e. The molecule has 6 heteroatoms. The van der Waals surface area contributed by atoms with Gasteiger partial charge in [-0.1, -0.05) is 26.0 Å². The standard InChI is InChI=1S/C16H25N3O2S/c1-3-13(4-2)19-22(20,21)15-10-11-16(17-12-15)18-14-8-6-5-7-9-14/h5-6,10-14,19H,3-4,7-9H2,1-2H3,(H,17,18). The van der Waals surface area contributed by atoms with Crippen LogP contribution in [0.15, 0.2) is 35.4 Å². The molecule has 0 radical (unpaired) electrons. The zero-order valence-corrected chi connectivity index (χ0v) is 14.1. The third-order valence-corrected chi connectivity index (χ3v) is 5.48. The second-order valence-electron chi connectivity index (χ2n) is 5.64. The third kappa shape index (κ3) is 4.55. The fraction of sp³-hybridized carbons (Fsp3) is 0.562. The number of sulfonamides is 1. The number of anilines is 1. The van der Waals surface area contributed by atoms with Crippen molar-refractivity contribution in [2.24, 2.45) is 0 Å². The van der Waals surface area contributed by atoms with Crippen molar-refractivity contribution in [2.75, 3.05) is 5.32 Å². The summed E-state index contributed by atoms with van der Waals surface area (Å²) in [6, 6.07) is 3.69. The molecular weight excluding hydrogens is 298 g/mol. The lowest BCUT2D eigenvalue weighted by atomic mass is 10.0. The van der Waals surface area contributed by atoms with Crippen molar-refractivity contribution in [1.29, 1.82) is 0 Å². The number of hydrogen-bond donors (Lipinski definition) is 2. The van der Waals surface area contributed by atoms with Gasteiger partial charge in [0, 0.05) is 18.3 Å². The molecule has 0 amide bonds. The highest BCUT2D eigenvalue weighted by Gasteiger charge is 2.18. The van der Waals surface area contributed by atoms with Crippen molar-refractivity contribution < 1.29 is 8.42 Å². The number of nitrogens with one attached hydrogen (secondary N) is 2. The van der Waals surface area contributed by atoms with E-state index in [0.717, 1.165) is 37.9 Å². The second kappa shape index (κ2) is 7.74. The van der Waals surface area contributed by atoms with Gasteiger partial charge in [-0.2, -0.15) is 0 Å². The third-order valence-electron chi connectivity index (χ3n) is 3.98. The topological polar surface area (TPSA) is 71.1 Å². The van der Waals surface area contributed by atoms with E-state index >= 15 is 0 Å². The lowest BCUT2D eigenvalue weighted by Gasteiger charge is -2.20. The molecule has 5 nitrogen and oxygen atoms in total. The normalized spacial score (nSPS) is 18.6. The van der Waals surface area contributed by atoms with Crippen LogP contribution in [0.2, 0.25) is 0 Å². The minimum Gasteiger partial charge on any atom is -0.367 e. The number of nitrogens with zero attached hydrogens (tertiary/aromatic N) is 1. The van der Waals surface area contributed by atoms with E-state index in [4.69, 9.17) is 0 Å². The minimum atomic E-state index is -3.48. The number of aromatic nitrogens is 1. The highest BCUT2D eigenvalue weighted by atomic mass is 32.2.